The van der Waals surface area contributed by atoms with Gasteiger partial charge in [-0.1, -0.05) is 66.9 Å². The average molecular weight is 745 g/mol. The molecule has 0 spiro atoms. The summed E-state index contributed by atoms with van der Waals surface area (Å²) in [5.41, 5.74) is -1.23. The number of fused-ring (bicyclic) bond motifs is 1. The zero-order chi connectivity index (χ0) is 39.2. The van der Waals surface area contributed by atoms with Gasteiger partial charge in [-0.3, -0.25) is 19.2 Å². The highest BCUT2D eigenvalue weighted by atomic mass is 32.2. The second-order valence-electron chi connectivity index (χ2n) is 17.7. The lowest BCUT2D eigenvalue weighted by atomic mass is 9.70. The number of Topliss-reactive ketones (excluding diaryl/α,β-unsaturated/α-hetero) is 3. The number of hydrogen-bond acceptors (Lipinski definition) is 7. The van der Waals surface area contributed by atoms with Gasteiger partial charge in [-0.25, -0.2) is 17.5 Å². The molecule has 11 nitrogen and oxygen atoms in total. The number of hydrogen-bond donors (Lipinski definition) is 2. The van der Waals surface area contributed by atoms with E-state index in [9.17, 15) is 27.6 Å². The van der Waals surface area contributed by atoms with Gasteiger partial charge in [0, 0.05) is 51.4 Å². The van der Waals surface area contributed by atoms with Crippen LogP contribution in [0.4, 0.5) is 4.79 Å². The molecule has 3 fully saturated rings. The van der Waals surface area contributed by atoms with Gasteiger partial charge in [-0.2, -0.15) is 0 Å². The molecule has 0 radical (unpaired) electrons. The first kappa shape index (κ1) is 43.4. The normalized spacial score (nSPS) is 24.2. The summed E-state index contributed by atoms with van der Waals surface area (Å²) in [5, 5.41) is 6.01. The predicted octanol–water partition coefficient (Wildman–Crippen LogP) is 5.29. The van der Waals surface area contributed by atoms with Gasteiger partial charge in [0.2, 0.25) is 21.7 Å². The van der Waals surface area contributed by atoms with Gasteiger partial charge in [0.05, 0.1) is 12.3 Å². The maximum Gasteiger partial charge on any atom is 0.315 e. The number of nitrogens with one attached hydrogen (secondary N) is 2. The van der Waals surface area contributed by atoms with Crippen LogP contribution in [0.25, 0.3) is 0 Å². The van der Waals surface area contributed by atoms with Gasteiger partial charge >= 0.3 is 6.03 Å². The van der Waals surface area contributed by atoms with Crippen LogP contribution >= 0.6 is 0 Å². The van der Waals surface area contributed by atoms with E-state index in [1.54, 1.807) is 11.0 Å². The number of likely N-dealkylation sites (N-methyl/N-ethyl adjacent to an activating group) is 1. The van der Waals surface area contributed by atoms with Crippen molar-refractivity contribution in [2.45, 2.75) is 137 Å². The smallest absolute Gasteiger partial charge is 0.315 e. The van der Waals surface area contributed by atoms with Crippen molar-refractivity contribution >= 4 is 39.3 Å². The summed E-state index contributed by atoms with van der Waals surface area (Å²) in [6, 6.07) is -2.89. The topological polar surface area (TPSA) is 150 Å². The Kier molecular flexibility index (Phi) is 14.5. The molecule has 1 heterocycles. The zero-order valence-corrected chi connectivity index (χ0v) is 33.7. The summed E-state index contributed by atoms with van der Waals surface area (Å²) in [5.74, 6) is -0.139. The molecular formula is C40H64N4O7S. The molecule has 292 valence electrons. The third-order valence-corrected chi connectivity index (χ3v) is 13.5. The molecule has 2 N–H and O–H groups in total. The van der Waals surface area contributed by atoms with Crippen molar-refractivity contribution in [3.63, 3.8) is 0 Å². The van der Waals surface area contributed by atoms with Crippen molar-refractivity contribution in [3.8, 4) is 12.3 Å². The average Bonchev–Trinajstić information content (AvgIpc) is 3.59. The minimum Gasteiger partial charge on any atom is -0.334 e. The second-order valence-corrected chi connectivity index (χ2v) is 19.8. The molecule has 3 amide bonds. The van der Waals surface area contributed by atoms with Crippen LogP contribution in [-0.2, 0) is 29.2 Å². The Morgan fingerprint density at radius 3 is 2.25 bits per heavy atom. The van der Waals surface area contributed by atoms with E-state index in [2.05, 4.69) is 37.0 Å². The van der Waals surface area contributed by atoms with Crippen LogP contribution in [0.15, 0.2) is 12.7 Å². The lowest BCUT2D eigenvalue weighted by molar-refractivity contribution is -0.144. The van der Waals surface area contributed by atoms with Crippen molar-refractivity contribution in [3.05, 3.63) is 12.7 Å². The molecule has 0 bridgehead atoms. The first-order valence-electron chi connectivity index (χ1n) is 19.0. The van der Waals surface area contributed by atoms with Crippen molar-refractivity contribution in [1.82, 2.24) is 19.8 Å². The van der Waals surface area contributed by atoms with Crippen LogP contribution in [0.1, 0.15) is 119 Å². The molecule has 1 unspecified atom stereocenters. The number of sulfonamides is 1. The number of rotatable bonds is 17. The number of allylic oxidation sites excluding steroid dienone is 1. The minimum atomic E-state index is -3.51. The van der Waals surface area contributed by atoms with Crippen LogP contribution in [0.2, 0.25) is 0 Å². The second kappa shape index (κ2) is 17.4. The molecule has 0 aromatic carbocycles. The summed E-state index contributed by atoms with van der Waals surface area (Å²) >= 11 is 0. The molecule has 6 atom stereocenters. The molecule has 3 rings (SSSR count). The SMILES string of the molecule is C#CCCC(CC(=O)[C@@H]1[C@H]2CCC(C)(C)[C@H]2CN1C(=O)[C@@H](NC(=O)N[C@H](CN(C)S(C)(=O)=O)C(C)(C)C)C1(C)CCCCC1)C(=O)C(=O)CCC=C. The monoisotopic (exact) mass is 744 g/mol. The molecule has 1 aliphatic heterocycles. The van der Waals surface area contributed by atoms with Gasteiger partial charge in [-0.15, -0.1) is 18.9 Å². The molecule has 3 aliphatic rings. The lowest BCUT2D eigenvalue weighted by Crippen LogP contribution is -2.62. The van der Waals surface area contributed by atoms with Crippen LogP contribution in [0.3, 0.4) is 0 Å². The molecular weight excluding hydrogens is 681 g/mol. The molecule has 52 heavy (non-hydrogen) atoms. The fourth-order valence-corrected chi connectivity index (χ4v) is 9.02. The van der Waals surface area contributed by atoms with Crippen LogP contribution in [-0.4, -0.2) is 91.4 Å². The quantitative estimate of drug-likeness (QED) is 0.117. The number of likely N-dealkylation sites (tertiary alicyclic amines) is 1. The third-order valence-electron chi connectivity index (χ3n) is 12.3. The third kappa shape index (κ3) is 10.6. The number of urea groups is 1. The standard InChI is InChI=1S/C40H64N4O7S/c1-11-13-18-27(34(47)30(45)19-14-12-2)24-31(46)33-28-20-23-39(6,7)29(28)25-44(33)36(48)35(40(8)21-16-15-17-22-40)42-37(49)41-32(38(3,4)5)26-43(9)52(10,50)51/h1,12,27-29,32-33,35H,2,13-26H2,3-10H3,(H2,41,42,49)/t27?,28-,29-,32+,33-,35+/m0/s1. The number of carbonyl (C=O) groups excluding carboxylic acids is 5. The molecule has 1 saturated heterocycles. The van der Waals surface area contributed by atoms with E-state index in [0.717, 1.165) is 38.4 Å². The van der Waals surface area contributed by atoms with Gasteiger partial charge in [-0.05, 0) is 66.6 Å². The van der Waals surface area contributed by atoms with Crippen molar-refractivity contribution < 1.29 is 32.4 Å². The van der Waals surface area contributed by atoms with Gasteiger partial charge in [0.15, 0.2) is 11.6 Å². The lowest BCUT2D eigenvalue weighted by Gasteiger charge is -2.43. The maximum atomic E-state index is 15.0. The summed E-state index contributed by atoms with van der Waals surface area (Å²) in [6.45, 7) is 16.1. The Hall–Kier alpha value is -3.04. The number of terminal acetylenes is 1. The van der Waals surface area contributed by atoms with Crippen molar-refractivity contribution in [2.24, 2.45) is 34.0 Å². The summed E-state index contributed by atoms with van der Waals surface area (Å²) in [4.78, 5) is 71.2. The largest absolute Gasteiger partial charge is 0.334 e. The predicted molar refractivity (Wildman–Crippen MR) is 203 cm³/mol. The number of carbonyl (C=O) groups is 5. The van der Waals surface area contributed by atoms with Gasteiger partial charge in [0.1, 0.15) is 6.04 Å². The molecule has 2 aliphatic carbocycles. The van der Waals surface area contributed by atoms with E-state index in [0.29, 0.717) is 25.8 Å². The summed E-state index contributed by atoms with van der Waals surface area (Å²) < 4.78 is 25.7. The fraction of sp³-hybridized carbons (Fsp3) is 0.775. The minimum absolute atomic E-state index is 0.0185. The van der Waals surface area contributed by atoms with Crippen LogP contribution < -0.4 is 10.6 Å². The van der Waals surface area contributed by atoms with Crippen molar-refractivity contribution in [2.75, 3.05) is 26.4 Å². The summed E-state index contributed by atoms with van der Waals surface area (Å²) in [7, 11) is -2.05. The van der Waals surface area contributed by atoms with E-state index < -0.39 is 62.5 Å². The number of nitrogens with zero attached hydrogens (tertiary/aromatic N) is 2. The Balaban J connectivity index is 1.99. The summed E-state index contributed by atoms with van der Waals surface area (Å²) in [6.07, 6.45) is 14.7. The molecule has 2 saturated carbocycles. The van der Waals surface area contributed by atoms with E-state index in [1.807, 2.05) is 27.7 Å². The Bertz CT molecular complexity index is 1500. The highest BCUT2D eigenvalue weighted by molar-refractivity contribution is 7.88. The van der Waals surface area contributed by atoms with Crippen molar-refractivity contribution in [1.29, 1.82) is 0 Å². The number of ketones is 3. The Labute approximate surface area is 312 Å². The highest BCUT2D eigenvalue weighted by Crippen LogP contribution is 2.54. The van der Waals surface area contributed by atoms with Gasteiger partial charge < -0.3 is 15.5 Å². The first-order valence-corrected chi connectivity index (χ1v) is 20.8. The first-order chi connectivity index (χ1) is 24.1. The molecule has 0 aromatic heterocycles. The maximum absolute atomic E-state index is 15.0. The fourth-order valence-electron chi connectivity index (χ4n) is 8.60. The van der Waals surface area contributed by atoms with Gasteiger partial charge in [0.25, 0.3) is 0 Å². The van der Waals surface area contributed by atoms with E-state index in [-0.39, 0.29) is 61.2 Å². The van der Waals surface area contributed by atoms with E-state index >= 15 is 4.79 Å². The Morgan fingerprint density at radius 1 is 1.06 bits per heavy atom. The zero-order valence-electron chi connectivity index (χ0n) is 32.9. The molecule has 12 heteroatoms. The number of amides is 3. The highest BCUT2D eigenvalue weighted by Gasteiger charge is 2.57. The van der Waals surface area contributed by atoms with Crippen LogP contribution in [0.5, 0.6) is 0 Å². The molecule has 0 aromatic rings. The van der Waals surface area contributed by atoms with E-state index in [4.69, 9.17) is 6.42 Å². The van der Waals surface area contributed by atoms with Crippen LogP contribution in [0, 0.1) is 46.3 Å². The Morgan fingerprint density at radius 2 is 1.69 bits per heavy atom. The van der Waals surface area contributed by atoms with E-state index in [1.165, 1.54) is 11.4 Å².